The van der Waals surface area contributed by atoms with E-state index in [9.17, 15) is 4.79 Å². The van der Waals surface area contributed by atoms with Crippen LogP contribution in [0.25, 0.3) is 10.6 Å². The Bertz CT molecular complexity index is 681. The van der Waals surface area contributed by atoms with Gasteiger partial charge in [0, 0.05) is 29.4 Å². The van der Waals surface area contributed by atoms with Crippen molar-refractivity contribution in [2.75, 3.05) is 26.7 Å². The van der Waals surface area contributed by atoms with Crippen LogP contribution >= 0.6 is 22.7 Å². The van der Waals surface area contributed by atoms with E-state index in [4.69, 9.17) is 0 Å². The Balaban J connectivity index is 1.58. The van der Waals surface area contributed by atoms with Gasteiger partial charge in [0.1, 0.15) is 0 Å². The van der Waals surface area contributed by atoms with Crippen molar-refractivity contribution in [3.05, 3.63) is 27.4 Å². The highest BCUT2D eigenvalue weighted by Crippen LogP contribution is 2.29. The van der Waals surface area contributed by atoms with E-state index < -0.39 is 0 Å². The van der Waals surface area contributed by atoms with Gasteiger partial charge in [-0.2, -0.15) is 0 Å². The summed E-state index contributed by atoms with van der Waals surface area (Å²) in [4.78, 5) is 21.1. The number of nitrogens with one attached hydrogen (secondary N) is 2. The highest BCUT2D eigenvalue weighted by atomic mass is 32.1. The first-order valence-electron chi connectivity index (χ1n) is 9.19. The molecule has 2 amide bonds. The molecule has 26 heavy (non-hydrogen) atoms. The molecule has 2 aromatic rings. The maximum atomic E-state index is 11.8. The summed E-state index contributed by atoms with van der Waals surface area (Å²) in [5, 5.41) is 9.05. The lowest BCUT2D eigenvalue weighted by atomic mass is 10.2. The Hall–Kier alpha value is -1.44. The van der Waals surface area contributed by atoms with Gasteiger partial charge in [-0.1, -0.05) is 0 Å². The molecular weight excluding hydrogens is 364 g/mol. The zero-order valence-corrected chi connectivity index (χ0v) is 17.8. The average molecular weight is 395 g/mol. The number of carbonyl (C=O) groups is 1. The Morgan fingerprint density at radius 2 is 2.00 bits per heavy atom. The van der Waals surface area contributed by atoms with E-state index in [0.717, 1.165) is 43.1 Å². The van der Waals surface area contributed by atoms with Crippen LogP contribution in [-0.2, 0) is 6.42 Å². The number of hydrogen-bond acceptors (Lipinski definition) is 5. The standard InChI is InChI=1S/C19H30N4OS2/c1-14(2)23(4)12-6-5-10-20-19(24)21-11-9-16-7-8-18(26-16)17-13-25-15(3)22-17/h7-8,13-14H,5-6,9-12H2,1-4H3,(H2,20,21,24). The molecule has 0 radical (unpaired) electrons. The summed E-state index contributed by atoms with van der Waals surface area (Å²) < 4.78 is 0. The molecule has 5 nitrogen and oxygen atoms in total. The quantitative estimate of drug-likeness (QED) is 0.596. The second-order valence-corrected chi connectivity index (χ2v) is 8.96. The van der Waals surface area contributed by atoms with Gasteiger partial charge in [0.15, 0.2) is 0 Å². The molecule has 0 aliphatic heterocycles. The number of nitrogens with zero attached hydrogens (tertiary/aromatic N) is 2. The van der Waals surface area contributed by atoms with Crippen LogP contribution in [0, 0.1) is 6.92 Å². The van der Waals surface area contributed by atoms with Crippen LogP contribution in [0.1, 0.15) is 36.6 Å². The lowest BCUT2D eigenvalue weighted by molar-refractivity contribution is 0.239. The van der Waals surface area contributed by atoms with Crippen molar-refractivity contribution >= 4 is 28.7 Å². The van der Waals surface area contributed by atoms with Crippen LogP contribution in [0.3, 0.4) is 0 Å². The molecule has 0 aliphatic carbocycles. The molecule has 0 spiro atoms. The summed E-state index contributed by atoms with van der Waals surface area (Å²) in [6.45, 7) is 8.86. The molecule has 0 aromatic carbocycles. The molecule has 0 aliphatic rings. The number of carbonyl (C=O) groups excluding carboxylic acids is 1. The molecule has 0 atom stereocenters. The van der Waals surface area contributed by atoms with Crippen molar-refractivity contribution in [3.63, 3.8) is 0 Å². The molecule has 2 aromatic heterocycles. The molecule has 0 saturated carbocycles. The Morgan fingerprint density at radius 1 is 1.23 bits per heavy atom. The van der Waals surface area contributed by atoms with Crippen molar-refractivity contribution in [3.8, 4) is 10.6 Å². The number of urea groups is 1. The smallest absolute Gasteiger partial charge is 0.314 e. The third kappa shape index (κ3) is 7.05. The van der Waals surface area contributed by atoms with E-state index >= 15 is 0 Å². The van der Waals surface area contributed by atoms with Gasteiger partial charge in [0.05, 0.1) is 15.6 Å². The largest absolute Gasteiger partial charge is 0.338 e. The fraction of sp³-hybridized carbons (Fsp3) is 0.579. The molecule has 0 saturated heterocycles. The summed E-state index contributed by atoms with van der Waals surface area (Å²) in [5.41, 5.74) is 1.05. The van der Waals surface area contributed by atoms with Crippen molar-refractivity contribution in [2.24, 2.45) is 0 Å². The van der Waals surface area contributed by atoms with Crippen LogP contribution in [0.4, 0.5) is 4.79 Å². The molecule has 2 rings (SSSR count). The molecule has 2 heterocycles. The monoisotopic (exact) mass is 394 g/mol. The number of aromatic nitrogens is 1. The minimum absolute atomic E-state index is 0.0749. The number of thiazole rings is 1. The van der Waals surface area contributed by atoms with Gasteiger partial charge < -0.3 is 15.5 Å². The lowest BCUT2D eigenvalue weighted by Crippen LogP contribution is -2.37. The third-order valence-electron chi connectivity index (χ3n) is 4.29. The summed E-state index contributed by atoms with van der Waals surface area (Å²) in [6, 6.07) is 4.74. The zero-order valence-electron chi connectivity index (χ0n) is 16.2. The van der Waals surface area contributed by atoms with Crippen molar-refractivity contribution < 1.29 is 4.79 Å². The Kier molecular flexibility index (Phi) is 8.54. The SMILES string of the molecule is Cc1nc(-c2ccc(CCNC(=O)NCCCCN(C)C(C)C)s2)cs1. The fourth-order valence-corrected chi connectivity index (χ4v) is 4.09. The van der Waals surface area contributed by atoms with E-state index in [1.807, 2.05) is 6.92 Å². The van der Waals surface area contributed by atoms with Gasteiger partial charge in [0.25, 0.3) is 0 Å². The number of thiophene rings is 1. The second-order valence-electron chi connectivity index (χ2n) is 6.73. The van der Waals surface area contributed by atoms with Crippen LogP contribution in [0.15, 0.2) is 17.5 Å². The number of hydrogen-bond donors (Lipinski definition) is 2. The van der Waals surface area contributed by atoms with Crippen LogP contribution in [0.2, 0.25) is 0 Å². The average Bonchev–Trinajstić information content (AvgIpc) is 3.23. The maximum absolute atomic E-state index is 11.8. The summed E-state index contributed by atoms with van der Waals surface area (Å²) in [5.74, 6) is 0. The van der Waals surface area contributed by atoms with E-state index in [2.05, 4.69) is 58.9 Å². The van der Waals surface area contributed by atoms with Gasteiger partial charge in [-0.25, -0.2) is 9.78 Å². The zero-order chi connectivity index (χ0) is 18.9. The molecule has 2 N–H and O–H groups in total. The first-order chi connectivity index (χ1) is 12.5. The normalized spacial score (nSPS) is 11.3. The maximum Gasteiger partial charge on any atom is 0.314 e. The molecule has 144 valence electrons. The number of unbranched alkanes of at least 4 members (excludes halogenated alkanes) is 1. The van der Waals surface area contributed by atoms with Gasteiger partial charge in [-0.3, -0.25) is 0 Å². The number of rotatable bonds is 10. The second kappa shape index (κ2) is 10.6. The molecule has 0 fully saturated rings. The summed E-state index contributed by atoms with van der Waals surface area (Å²) in [6.07, 6.45) is 2.95. The Morgan fingerprint density at radius 3 is 2.69 bits per heavy atom. The van der Waals surface area contributed by atoms with E-state index in [-0.39, 0.29) is 6.03 Å². The lowest BCUT2D eigenvalue weighted by Gasteiger charge is -2.20. The van der Waals surface area contributed by atoms with Gasteiger partial charge in [0.2, 0.25) is 0 Å². The van der Waals surface area contributed by atoms with E-state index in [1.54, 1.807) is 22.7 Å². The number of aryl methyl sites for hydroxylation is 1. The van der Waals surface area contributed by atoms with E-state index in [1.165, 1.54) is 9.75 Å². The predicted molar refractivity (Wildman–Crippen MR) is 112 cm³/mol. The fourth-order valence-electron chi connectivity index (χ4n) is 2.43. The minimum Gasteiger partial charge on any atom is -0.338 e. The van der Waals surface area contributed by atoms with Gasteiger partial charge >= 0.3 is 6.03 Å². The molecule has 0 unspecified atom stereocenters. The highest BCUT2D eigenvalue weighted by molar-refractivity contribution is 7.16. The van der Waals surface area contributed by atoms with Crippen molar-refractivity contribution in [2.45, 2.75) is 46.1 Å². The highest BCUT2D eigenvalue weighted by Gasteiger charge is 2.07. The predicted octanol–water partition coefficient (Wildman–Crippen LogP) is 4.14. The van der Waals surface area contributed by atoms with Crippen LogP contribution < -0.4 is 10.6 Å². The first-order valence-corrected chi connectivity index (χ1v) is 10.9. The van der Waals surface area contributed by atoms with Crippen LogP contribution in [-0.4, -0.2) is 48.6 Å². The third-order valence-corrected chi connectivity index (χ3v) is 6.24. The summed E-state index contributed by atoms with van der Waals surface area (Å²) >= 11 is 3.42. The van der Waals surface area contributed by atoms with Gasteiger partial charge in [-0.15, -0.1) is 22.7 Å². The molecule has 0 bridgehead atoms. The van der Waals surface area contributed by atoms with Gasteiger partial charge in [-0.05, 0) is 65.8 Å². The molecule has 7 heteroatoms. The first kappa shape index (κ1) is 20.9. The Labute approximate surface area is 164 Å². The topological polar surface area (TPSA) is 57.3 Å². The number of amides is 2. The summed E-state index contributed by atoms with van der Waals surface area (Å²) in [7, 11) is 2.14. The minimum atomic E-state index is -0.0749. The van der Waals surface area contributed by atoms with E-state index in [0.29, 0.717) is 12.6 Å². The van der Waals surface area contributed by atoms with Crippen molar-refractivity contribution in [1.82, 2.24) is 20.5 Å². The van der Waals surface area contributed by atoms with Crippen LogP contribution in [0.5, 0.6) is 0 Å². The van der Waals surface area contributed by atoms with Crippen molar-refractivity contribution in [1.29, 1.82) is 0 Å². The molecular formula is C19H30N4OS2.